The van der Waals surface area contributed by atoms with E-state index in [1.165, 1.54) is 0 Å². The quantitative estimate of drug-likeness (QED) is 0.638. The summed E-state index contributed by atoms with van der Waals surface area (Å²) in [6.45, 7) is 1.94. The Hall–Kier alpha value is -3.41. The molecule has 6 heteroatoms. The SMILES string of the molecule is COc1ccc(C2Oc3c(OC)cccc3C3CC(c4ccc(C)o4)=NN32)cc1. The van der Waals surface area contributed by atoms with Gasteiger partial charge in [-0.25, -0.2) is 5.01 Å². The van der Waals surface area contributed by atoms with E-state index in [0.29, 0.717) is 0 Å². The summed E-state index contributed by atoms with van der Waals surface area (Å²) in [5.41, 5.74) is 2.98. The lowest BCUT2D eigenvalue weighted by Gasteiger charge is -2.38. The predicted octanol–water partition coefficient (Wildman–Crippen LogP) is 4.85. The molecule has 0 fully saturated rings. The van der Waals surface area contributed by atoms with E-state index in [4.69, 9.17) is 23.7 Å². The third kappa shape index (κ3) is 2.92. The lowest BCUT2D eigenvalue weighted by Crippen LogP contribution is -2.33. The Morgan fingerprint density at radius 2 is 1.83 bits per heavy atom. The molecule has 0 saturated heterocycles. The van der Waals surface area contributed by atoms with Gasteiger partial charge in [0.2, 0.25) is 6.23 Å². The molecule has 2 atom stereocenters. The molecular weight excluding hydrogens is 368 g/mol. The van der Waals surface area contributed by atoms with Gasteiger partial charge in [-0.1, -0.05) is 12.1 Å². The smallest absolute Gasteiger partial charge is 0.214 e. The molecular formula is C23H22N2O4. The van der Waals surface area contributed by atoms with Crippen molar-refractivity contribution >= 4 is 5.71 Å². The average Bonchev–Trinajstić information content (AvgIpc) is 3.39. The van der Waals surface area contributed by atoms with Gasteiger partial charge < -0.3 is 18.6 Å². The van der Waals surface area contributed by atoms with Gasteiger partial charge in [-0.3, -0.25) is 0 Å². The first-order chi connectivity index (χ1) is 14.2. The van der Waals surface area contributed by atoms with E-state index in [2.05, 4.69) is 6.07 Å². The third-order valence-electron chi connectivity index (χ3n) is 5.43. The van der Waals surface area contributed by atoms with Gasteiger partial charge in [-0.15, -0.1) is 0 Å². The molecule has 29 heavy (non-hydrogen) atoms. The Morgan fingerprint density at radius 1 is 1.00 bits per heavy atom. The monoisotopic (exact) mass is 390 g/mol. The Morgan fingerprint density at radius 3 is 2.52 bits per heavy atom. The van der Waals surface area contributed by atoms with Crippen LogP contribution in [0.3, 0.4) is 0 Å². The van der Waals surface area contributed by atoms with Crippen molar-refractivity contribution < 1.29 is 18.6 Å². The number of rotatable bonds is 4. The standard InChI is InChI=1S/C23H22N2O4/c1-14-7-12-20(28-14)18-13-19-17-5-4-6-21(27-3)22(17)29-23(25(19)24-18)15-8-10-16(26-2)11-9-15/h4-12,19,23H,13H2,1-3H3. The largest absolute Gasteiger partial charge is 0.497 e. The van der Waals surface area contributed by atoms with Gasteiger partial charge in [-0.05, 0) is 49.4 Å². The second kappa shape index (κ2) is 6.88. The van der Waals surface area contributed by atoms with Gasteiger partial charge in [0.25, 0.3) is 0 Å². The van der Waals surface area contributed by atoms with Crippen molar-refractivity contribution in [3.05, 3.63) is 77.2 Å². The first kappa shape index (κ1) is 17.7. The maximum atomic E-state index is 6.44. The van der Waals surface area contributed by atoms with E-state index in [1.54, 1.807) is 14.2 Å². The molecule has 0 radical (unpaired) electrons. The molecule has 3 aromatic rings. The topological polar surface area (TPSA) is 56.4 Å². The molecule has 2 unspecified atom stereocenters. The molecule has 0 N–H and O–H groups in total. The van der Waals surface area contributed by atoms with Gasteiger partial charge in [0.1, 0.15) is 23.0 Å². The first-order valence-electron chi connectivity index (χ1n) is 9.58. The number of nitrogens with zero attached hydrogens (tertiary/aromatic N) is 2. The number of aryl methyl sites for hydroxylation is 1. The summed E-state index contributed by atoms with van der Waals surface area (Å²) in [6, 6.07) is 17.8. The van der Waals surface area contributed by atoms with Crippen LogP contribution in [-0.2, 0) is 0 Å². The minimum atomic E-state index is -0.372. The molecule has 2 aliphatic heterocycles. The minimum Gasteiger partial charge on any atom is -0.497 e. The number of fused-ring (bicyclic) bond motifs is 3. The number of hydrazone groups is 1. The zero-order valence-electron chi connectivity index (χ0n) is 16.6. The van der Waals surface area contributed by atoms with Crippen molar-refractivity contribution in [1.82, 2.24) is 5.01 Å². The second-order valence-electron chi connectivity index (χ2n) is 7.18. The number of furan rings is 1. The molecule has 0 bridgehead atoms. The van der Waals surface area contributed by atoms with Crippen molar-refractivity contribution in [3.63, 3.8) is 0 Å². The van der Waals surface area contributed by atoms with Gasteiger partial charge in [0.15, 0.2) is 11.5 Å². The Balaban J connectivity index is 1.60. The molecule has 0 amide bonds. The third-order valence-corrected chi connectivity index (χ3v) is 5.43. The van der Waals surface area contributed by atoms with Crippen molar-refractivity contribution in [2.75, 3.05) is 14.2 Å². The summed E-state index contributed by atoms with van der Waals surface area (Å²) in [4.78, 5) is 0. The van der Waals surface area contributed by atoms with Crippen LogP contribution in [0.15, 0.2) is 64.1 Å². The van der Waals surface area contributed by atoms with Crippen LogP contribution < -0.4 is 14.2 Å². The van der Waals surface area contributed by atoms with Gasteiger partial charge in [0.05, 0.1) is 20.3 Å². The normalized spacial score (nSPS) is 19.8. The van der Waals surface area contributed by atoms with Crippen LogP contribution in [0.2, 0.25) is 0 Å². The van der Waals surface area contributed by atoms with Crippen molar-refractivity contribution in [3.8, 4) is 17.2 Å². The zero-order chi connectivity index (χ0) is 20.0. The highest BCUT2D eigenvalue weighted by molar-refractivity contribution is 5.99. The van der Waals surface area contributed by atoms with Gasteiger partial charge >= 0.3 is 0 Å². The fourth-order valence-electron chi connectivity index (χ4n) is 3.97. The fourth-order valence-corrected chi connectivity index (χ4v) is 3.97. The maximum Gasteiger partial charge on any atom is 0.214 e. The Bertz CT molecular complexity index is 1070. The summed E-state index contributed by atoms with van der Waals surface area (Å²) in [6.07, 6.45) is 0.367. The summed E-state index contributed by atoms with van der Waals surface area (Å²) in [5, 5.41) is 6.93. The van der Waals surface area contributed by atoms with Crippen molar-refractivity contribution in [2.45, 2.75) is 25.6 Å². The van der Waals surface area contributed by atoms with Crippen LogP contribution in [0.4, 0.5) is 0 Å². The number of benzene rings is 2. The summed E-state index contributed by atoms with van der Waals surface area (Å²) < 4.78 is 23.2. The molecule has 0 spiro atoms. The van der Waals surface area contributed by atoms with E-state index in [1.807, 2.05) is 60.5 Å². The summed E-state index contributed by atoms with van der Waals surface area (Å²) >= 11 is 0. The van der Waals surface area contributed by atoms with Crippen molar-refractivity contribution in [2.24, 2.45) is 5.10 Å². The molecule has 3 heterocycles. The molecule has 5 rings (SSSR count). The van der Waals surface area contributed by atoms with Crippen LogP contribution in [0.5, 0.6) is 17.2 Å². The lowest BCUT2D eigenvalue weighted by atomic mass is 9.97. The molecule has 6 nitrogen and oxygen atoms in total. The molecule has 148 valence electrons. The van der Waals surface area contributed by atoms with Crippen LogP contribution in [-0.4, -0.2) is 24.9 Å². The fraction of sp³-hybridized carbons (Fsp3) is 0.261. The molecule has 1 aromatic heterocycles. The van der Waals surface area contributed by atoms with E-state index in [-0.39, 0.29) is 12.3 Å². The minimum absolute atomic E-state index is 0.0429. The van der Waals surface area contributed by atoms with Gasteiger partial charge in [0, 0.05) is 17.5 Å². The van der Waals surface area contributed by atoms with E-state index < -0.39 is 0 Å². The maximum absolute atomic E-state index is 6.44. The van der Waals surface area contributed by atoms with Crippen LogP contribution in [0.1, 0.15) is 41.3 Å². The first-order valence-corrected chi connectivity index (χ1v) is 9.58. The number of para-hydroxylation sites is 1. The van der Waals surface area contributed by atoms with Crippen LogP contribution >= 0.6 is 0 Å². The summed E-state index contributed by atoms with van der Waals surface area (Å²) in [7, 11) is 3.32. The molecule has 0 aliphatic carbocycles. The second-order valence-corrected chi connectivity index (χ2v) is 7.18. The van der Waals surface area contributed by atoms with Crippen LogP contribution in [0.25, 0.3) is 0 Å². The Kier molecular flexibility index (Phi) is 4.19. The number of hydrogen-bond donors (Lipinski definition) is 0. The molecule has 0 saturated carbocycles. The Labute approximate surface area is 169 Å². The van der Waals surface area contributed by atoms with Gasteiger partial charge in [-0.2, -0.15) is 5.10 Å². The highest BCUT2D eigenvalue weighted by Crippen LogP contribution is 2.50. The van der Waals surface area contributed by atoms with E-state index in [9.17, 15) is 0 Å². The number of methoxy groups -OCH3 is 2. The molecule has 2 aromatic carbocycles. The predicted molar refractivity (Wildman–Crippen MR) is 109 cm³/mol. The highest BCUT2D eigenvalue weighted by atomic mass is 16.5. The number of hydrogen-bond acceptors (Lipinski definition) is 6. The van der Waals surface area contributed by atoms with E-state index in [0.717, 1.165) is 52.0 Å². The van der Waals surface area contributed by atoms with E-state index >= 15 is 0 Å². The number of ether oxygens (including phenoxy) is 3. The lowest BCUT2D eigenvalue weighted by molar-refractivity contribution is -0.0209. The van der Waals surface area contributed by atoms with Crippen molar-refractivity contribution in [1.29, 1.82) is 0 Å². The zero-order valence-corrected chi connectivity index (χ0v) is 16.6. The summed E-state index contributed by atoms with van der Waals surface area (Å²) in [5.74, 6) is 3.97. The average molecular weight is 390 g/mol. The highest BCUT2D eigenvalue weighted by Gasteiger charge is 2.42. The molecule has 2 aliphatic rings. The van der Waals surface area contributed by atoms with Crippen LogP contribution in [0, 0.1) is 6.92 Å².